The molecule has 1 aliphatic rings. The first-order chi connectivity index (χ1) is 16.8. The summed E-state index contributed by atoms with van der Waals surface area (Å²) in [5.74, 6) is 0. The lowest BCUT2D eigenvalue weighted by Crippen LogP contribution is -2.29. The molecule has 1 aliphatic carbocycles. The molecule has 1 heterocycles. The lowest BCUT2D eigenvalue weighted by molar-refractivity contribution is 0.669. The molecule has 5 aromatic rings. The van der Waals surface area contributed by atoms with Crippen LogP contribution in [0.15, 0.2) is 78.4 Å². The number of allylic oxidation sites excluding steroid dienone is 1. The van der Waals surface area contributed by atoms with E-state index < -0.39 is 0 Å². The number of fused-ring (bicyclic) bond motifs is 7. The minimum atomic E-state index is 0.640. The van der Waals surface area contributed by atoms with E-state index in [0.717, 1.165) is 51.5 Å². The molecule has 0 saturated carbocycles. The number of hydrogen-bond acceptors (Lipinski definition) is 3. The van der Waals surface area contributed by atoms with Crippen molar-refractivity contribution in [3.8, 4) is 0 Å². The maximum Gasteiger partial charge on any atom is 0.170 e. The molecule has 168 valence electrons. The second-order valence-electron chi connectivity index (χ2n) is 8.95. The van der Waals surface area contributed by atoms with Crippen LogP contribution >= 0.6 is 12.2 Å². The Morgan fingerprint density at radius 3 is 2.15 bits per heavy atom. The summed E-state index contributed by atoms with van der Waals surface area (Å²) in [5.41, 5.74) is 6.07. The van der Waals surface area contributed by atoms with Crippen molar-refractivity contribution in [3.63, 3.8) is 0 Å². The molecule has 0 saturated heterocycles. The lowest BCUT2D eigenvalue weighted by atomic mass is 9.97. The van der Waals surface area contributed by atoms with Gasteiger partial charge in [-0.3, -0.25) is 0 Å². The number of aromatic nitrogens is 2. The van der Waals surface area contributed by atoms with Crippen LogP contribution in [0, 0.1) is 0 Å². The van der Waals surface area contributed by atoms with Crippen LogP contribution in [0.3, 0.4) is 0 Å². The van der Waals surface area contributed by atoms with Crippen molar-refractivity contribution in [2.45, 2.75) is 32.1 Å². The van der Waals surface area contributed by atoms with Gasteiger partial charge < -0.3 is 10.6 Å². The smallest absolute Gasteiger partial charge is 0.170 e. The van der Waals surface area contributed by atoms with Crippen molar-refractivity contribution in [2.24, 2.45) is 0 Å². The summed E-state index contributed by atoms with van der Waals surface area (Å²) in [5, 5.41) is 12.0. The van der Waals surface area contributed by atoms with Gasteiger partial charge in [-0.1, -0.05) is 60.2 Å². The molecule has 1 aromatic heterocycles. The average Bonchev–Trinajstić information content (AvgIpc) is 2.88. The molecule has 0 radical (unpaired) electrons. The van der Waals surface area contributed by atoms with Crippen LogP contribution < -0.4 is 10.6 Å². The Morgan fingerprint density at radius 1 is 0.794 bits per heavy atom. The highest BCUT2D eigenvalue weighted by Crippen LogP contribution is 2.34. The van der Waals surface area contributed by atoms with Crippen LogP contribution in [0.4, 0.5) is 5.69 Å². The maximum absolute atomic E-state index is 5.54. The molecule has 2 N–H and O–H groups in total. The second-order valence-corrected chi connectivity index (χ2v) is 9.36. The SMILES string of the molecule is S=C(NCCC1=CCCCC1)Nc1ccc2nc3c4ccccc4c4ccccc4c3nc2c1. The van der Waals surface area contributed by atoms with Crippen molar-refractivity contribution in [2.75, 3.05) is 11.9 Å². The van der Waals surface area contributed by atoms with Gasteiger partial charge in [0.15, 0.2) is 5.11 Å². The van der Waals surface area contributed by atoms with Gasteiger partial charge in [-0.05, 0) is 73.3 Å². The summed E-state index contributed by atoms with van der Waals surface area (Å²) < 4.78 is 0. The van der Waals surface area contributed by atoms with Gasteiger partial charge >= 0.3 is 0 Å². The fourth-order valence-electron chi connectivity index (χ4n) is 5.00. The third kappa shape index (κ3) is 3.97. The van der Waals surface area contributed by atoms with E-state index in [4.69, 9.17) is 22.2 Å². The van der Waals surface area contributed by atoms with Gasteiger partial charge in [-0.15, -0.1) is 0 Å². The van der Waals surface area contributed by atoms with E-state index >= 15 is 0 Å². The highest BCUT2D eigenvalue weighted by molar-refractivity contribution is 7.80. The van der Waals surface area contributed by atoms with Crippen LogP contribution in [-0.4, -0.2) is 21.6 Å². The summed E-state index contributed by atoms with van der Waals surface area (Å²) in [6.07, 6.45) is 8.52. The highest BCUT2D eigenvalue weighted by Gasteiger charge is 2.12. The third-order valence-electron chi connectivity index (χ3n) is 6.69. The molecule has 0 aliphatic heterocycles. The second kappa shape index (κ2) is 8.99. The zero-order valence-corrected chi connectivity index (χ0v) is 19.8. The average molecular weight is 463 g/mol. The topological polar surface area (TPSA) is 49.8 Å². The quantitative estimate of drug-likeness (QED) is 0.127. The number of thiocarbonyl (C=S) groups is 1. The van der Waals surface area contributed by atoms with Gasteiger partial charge in [-0.2, -0.15) is 0 Å². The van der Waals surface area contributed by atoms with E-state index in [0.29, 0.717) is 5.11 Å². The van der Waals surface area contributed by atoms with E-state index in [2.05, 4.69) is 65.2 Å². The Morgan fingerprint density at radius 2 is 1.47 bits per heavy atom. The Hall–Kier alpha value is -3.57. The monoisotopic (exact) mass is 462 g/mol. The molecular formula is C29H26N4S. The Labute approximate surface area is 204 Å². The Bertz CT molecular complexity index is 1590. The fraction of sp³-hybridized carbons (Fsp3) is 0.207. The molecule has 34 heavy (non-hydrogen) atoms. The van der Waals surface area contributed by atoms with Crippen LogP contribution in [0.1, 0.15) is 32.1 Å². The molecule has 4 aromatic carbocycles. The van der Waals surface area contributed by atoms with Crippen molar-refractivity contribution in [1.29, 1.82) is 0 Å². The van der Waals surface area contributed by atoms with Crippen molar-refractivity contribution in [1.82, 2.24) is 15.3 Å². The van der Waals surface area contributed by atoms with Crippen LogP contribution in [0.2, 0.25) is 0 Å². The van der Waals surface area contributed by atoms with Crippen molar-refractivity contribution < 1.29 is 0 Å². The largest absolute Gasteiger partial charge is 0.362 e. The molecule has 0 spiro atoms. The van der Waals surface area contributed by atoms with Gasteiger partial charge in [0.25, 0.3) is 0 Å². The minimum absolute atomic E-state index is 0.640. The van der Waals surface area contributed by atoms with Crippen molar-refractivity contribution >= 4 is 66.6 Å². The van der Waals surface area contributed by atoms with E-state index in [1.807, 2.05) is 18.2 Å². The van der Waals surface area contributed by atoms with E-state index in [1.165, 1.54) is 36.5 Å². The Balaban J connectivity index is 1.31. The summed E-state index contributed by atoms with van der Waals surface area (Å²) >= 11 is 5.54. The van der Waals surface area contributed by atoms with Gasteiger partial charge in [0.05, 0.1) is 22.1 Å². The molecule has 0 amide bonds. The number of nitrogens with one attached hydrogen (secondary N) is 2. The number of rotatable bonds is 4. The predicted molar refractivity (Wildman–Crippen MR) is 147 cm³/mol. The third-order valence-corrected chi connectivity index (χ3v) is 6.94. The van der Waals surface area contributed by atoms with E-state index in [9.17, 15) is 0 Å². The first-order valence-electron chi connectivity index (χ1n) is 12.0. The van der Waals surface area contributed by atoms with Crippen LogP contribution in [0.5, 0.6) is 0 Å². The van der Waals surface area contributed by atoms with Gasteiger partial charge in [0.2, 0.25) is 0 Å². The van der Waals surface area contributed by atoms with Gasteiger partial charge in [0, 0.05) is 23.0 Å². The van der Waals surface area contributed by atoms with E-state index in [-0.39, 0.29) is 0 Å². The molecule has 5 heteroatoms. The van der Waals surface area contributed by atoms with E-state index in [1.54, 1.807) is 5.57 Å². The zero-order valence-electron chi connectivity index (χ0n) is 19.0. The lowest BCUT2D eigenvalue weighted by Gasteiger charge is -2.15. The minimum Gasteiger partial charge on any atom is -0.362 e. The van der Waals surface area contributed by atoms with Crippen LogP contribution in [0.25, 0.3) is 43.6 Å². The van der Waals surface area contributed by atoms with Gasteiger partial charge in [0.1, 0.15) is 0 Å². The first-order valence-corrected chi connectivity index (χ1v) is 12.4. The summed E-state index contributed by atoms with van der Waals surface area (Å²) in [6, 6.07) is 22.9. The van der Waals surface area contributed by atoms with Gasteiger partial charge in [-0.25, -0.2) is 9.97 Å². The Kier molecular flexibility index (Phi) is 5.55. The molecule has 0 atom stereocenters. The summed E-state index contributed by atoms with van der Waals surface area (Å²) in [4.78, 5) is 10.1. The summed E-state index contributed by atoms with van der Waals surface area (Å²) in [7, 11) is 0. The molecule has 0 bridgehead atoms. The number of benzene rings is 4. The normalized spacial score (nSPS) is 13.9. The molecule has 4 nitrogen and oxygen atoms in total. The van der Waals surface area contributed by atoms with Crippen LogP contribution in [-0.2, 0) is 0 Å². The van der Waals surface area contributed by atoms with Crippen molar-refractivity contribution in [3.05, 3.63) is 78.4 Å². The standard InChI is InChI=1S/C29H26N4S/c34-29(30-17-16-19-8-2-1-3-9-19)31-20-14-15-25-26(18-20)33-28-24-13-7-5-11-22(24)21-10-4-6-12-23(21)27(28)32-25/h4-8,10-15,18H,1-3,9,16-17H2,(H2,30,31,34). The zero-order chi connectivity index (χ0) is 22.9. The fourth-order valence-corrected chi connectivity index (χ4v) is 5.22. The molecule has 6 rings (SSSR count). The highest BCUT2D eigenvalue weighted by atomic mass is 32.1. The molecule has 0 fully saturated rings. The summed E-state index contributed by atoms with van der Waals surface area (Å²) in [6.45, 7) is 0.856. The number of anilines is 1. The number of hydrogen-bond donors (Lipinski definition) is 2. The maximum atomic E-state index is 5.54. The predicted octanol–water partition coefficient (Wildman–Crippen LogP) is 7.27. The molecular weight excluding hydrogens is 436 g/mol. The first kappa shape index (κ1) is 21.0. The molecule has 0 unspecified atom stereocenters. The number of nitrogens with zero attached hydrogens (tertiary/aromatic N) is 2.